The lowest BCUT2D eigenvalue weighted by Crippen LogP contribution is -2.11. The molecule has 0 saturated heterocycles. The highest BCUT2D eigenvalue weighted by atomic mass is 16.6. The van der Waals surface area contributed by atoms with Crippen LogP contribution in [0.1, 0.15) is 194 Å². The normalized spacial score (nSPS) is 11.4. The van der Waals surface area contributed by atoms with Crippen molar-refractivity contribution in [2.75, 3.05) is 0 Å². The van der Waals surface area contributed by atoms with Crippen molar-refractivity contribution < 1.29 is 14.3 Å². The summed E-state index contributed by atoms with van der Waals surface area (Å²) in [6, 6.07) is 0. The van der Waals surface area contributed by atoms with Gasteiger partial charge in [-0.3, -0.25) is 9.59 Å². The Morgan fingerprint density at radius 3 is 1.03 bits per heavy atom. The minimum atomic E-state index is -0.336. The average Bonchev–Trinajstić information content (AvgIpc) is 2.89. The third kappa shape index (κ3) is 31.0. The Kier molecular flexibility index (Phi) is 30.2. The second-order valence-corrected chi connectivity index (χ2v) is 11.2. The average molecular weight is 521 g/mol. The molecule has 0 saturated carbocycles. The molecule has 37 heavy (non-hydrogen) atoms. The van der Waals surface area contributed by atoms with Crippen molar-refractivity contribution in [2.24, 2.45) is 0 Å². The molecule has 0 atom stereocenters. The summed E-state index contributed by atoms with van der Waals surface area (Å²) >= 11 is 0. The summed E-state index contributed by atoms with van der Waals surface area (Å²) < 4.78 is 4.99. The molecule has 3 nitrogen and oxygen atoms in total. The molecule has 0 heterocycles. The molecule has 218 valence electrons. The highest BCUT2D eigenvalue weighted by Gasteiger charge is 2.09. The first-order valence-corrected chi connectivity index (χ1v) is 16.6. The van der Waals surface area contributed by atoms with E-state index in [4.69, 9.17) is 4.74 Å². The molecule has 3 heteroatoms. The minimum absolute atomic E-state index is 0.332. The van der Waals surface area contributed by atoms with E-state index in [0.29, 0.717) is 12.8 Å². The van der Waals surface area contributed by atoms with Crippen LogP contribution >= 0.6 is 0 Å². The van der Waals surface area contributed by atoms with E-state index in [-0.39, 0.29) is 11.9 Å². The third-order valence-corrected chi connectivity index (χ3v) is 7.35. The number of ether oxygens (including phenoxy) is 1. The first-order chi connectivity index (χ1) is 18.2. The van der Waals surface area contributed by atoms with Gasteiger partial charge in [-0.1, -0.05) is 154 Å². The zero-order valence-electron chi connectivity index (χ0n) is 25.2. The lowest BCUT2D eigenvalue weighted by atomic mass is 10.0. The van der Waals surface area contributed by atoms with Crippen LogP contribution in [0.4, 0.5) is 0 Å². The van der Waals surface area contributed by atoms with Crippen molar-refractivity contribution in [2.45, 2.75) is 194 Å². The molecule has 0 amide bonds. The van der Waals surface area contributed by atoms with Gasteiger partial charge >= 0.3 is 11.9 Å². The Labute approximate surface area is 232 Å². The number of carbonyl (C=O) groups is 2. The van der Waals surface area contributed by atoms with E-state index in [0.717, 1.165) is 32.1 Å². The summed E-state index contributed by atoms with van der Waals surface area (Å²) in [5.74, 6) is -0.668. The van der Waals surface area contributed by atoms with Gasteiger partial charge in [0.15, 0.2) is 0 Å². The second-order valence-electron chi connectivity index (χ2n) is 11.2. The Balaban J connectivity index is 3.32. The van der Waals surface area contributed by atoms with Gasteiger partial charge in [0, 0.05) is 12.8 Å². The molecule has 0 radical (unpaired) electrons. The highest BCUT2D eigenvalue weighted by Crippen LogP contribution is 2.14. The zero-order chi connectivity index (χ0) is 27.1. The predicted molar refractivity (Wildman–Crippen MR) is 161 cm³/mol. The molecule has 0 spiro atoms. The Morgan fingerprint density at radius 1 is 0.405 bits per heavy atom. The number of carbonyl (C=O) groups excluding carboxylic acids is 2. The smallest absolute Gasteiger partial charge is 0.313 e. The lowest BCUT2D eigenvalue weighted by Gasteiger charge is -2.04. The van der Waals surface area contributed by atoms with Crippen molar-refractivity contribution in [1.29, 1.82) is 0 Å². The third-order valence-electron chi connectivity index (χ3n) is 7.35. The quantitative estimate of drug-likeness (QED) is 0.0426. The monoisotopic (exact) mass is 520 g/mol. The molecule has 0 aromatic carbocycles. The van der Waals surface area contributed by atoms with Crippen LogP contribution < -0.4 is 0 Å². The summed E-state index contributed by atoms with van der Waals surface area (Å²) in [6.45, 7) is 4.53. The van der Waals surface area contributed by atoms with Gasteiger partial charge in [-0.15, -0.1) is 0 Å². The van der Waals surface area contributed by atoms with E-state index < -0.39 is 0 Å². The number of unbranched alkanes of at least 4 members (excludes halogenated alkanes) is 23. The van der Waals surface area contributed by atoms with Crippen molar-refractivity contribution in [3.05, 3.63) is 12.2 Å². The van der Waals surface area contributed by atoms with Crippen LogP contribution in [0.15, 0.2) is 12.2 Å². The molecular weight excluding hydrogens is 456 g/mol. The highest BCUT2D eigenvalue weighted by molar-refractivity contribution is 5.85. The second kappa shape index (κ2) is 31.1. The number of esters is 2. The molecule has 0 rings (SSSR count). The van der Waals surface area contributed by atoms with Crippen LogP contribution in [-0.4, -0.2) is 11.9 Å². The molecule has 0 unspecified atom stereocenters. The standard InChI is InChI=1S/C34H64O3/c1-3-5-7-9-11-13-15-17-18-20-22-24-26-28-30-32-34(36)37-33(35)31-29-27-25-23-21-19-16-14-12-10-8-6-4-2/h14,16H,3-13,15,17-32H2,1-2H3. The van der Waals surface area contributed by atoms with Crippen molar-refractivity contribution >= 4 is 11.9 Å². The number of rotatable bonds is 29. The van der Waals surface area contributed by atoms with Gasteiger partial charge in [0.05, 0.1) is 0 Å². The van der Waals surface area contributed by atoms with Crippen molar-refractivity contribution in [3.63, 3.8) is 0 Å². The molecule has 0 N–H and O–H groups in total. The Hall–Kier alpha value is -1.12. The summed E-state index contributed by atoms with van der Waals surface area (Å²) in [7, 11) is 0. The topological polar surface area (TPSA) is 43.4 Å². The fourth-order valence-corrected chi connectivity index (χ4v) is 4.86. The lowest BCUT2D eigenvalue weighted by molar-refractivity contribution is -0.159. The fraction of sp³-hybridized carbons (Fsp3) is 0.882. The fourth-order valence-electron chi connectivity index (χ4n) is 4.86. The molecule has 0 aromatic heterocycles. The molecule has 0 aromatic rings. The molecular formula is C34H64O3. The predicted octanol–water partition coefficient (Wildman–Crippen LogP) is 11.6. The minimum Gasteiger partial charge on any atom is -0.393 e. The van der Waals surface area contributed by atoms with Crippen molar-refractivity contribution in [3.8, 4) is 0 Å². The van der Waals surface area contributed by atoms with E-state index in [1.807, 2.05) is 0 Å². The zero-order valence-corrected chi connectivity index (χ0v) is 25.2. The van der Waals surface area contributed by atoms with Crippen LogP contribution in [0.3, 0.4) is 0 Å². The summed E-state index contributed by atoms with van der Waals surface area (Å²) in [5.41, 5.74) is 0. The summed E-state index contributed by atoms with van der Waals surface area (Å²) in [6.07, 6.45) is 38.3. The Bertz CT molecular complexity index is 511. The van der Waals surface area contributed by atoms with Gasteiger partial charge in [0.2, 0.25) is 0 Å². The maximum atomic E-state index is 11.9. The Morgan fingerprint density at radius 2 is 0.676 bits per heavy atom. The van der Waals surface area contributed by atoms with Gasteiger partial charge in [0.25, 0.3) is 0 Å². The van der Waals surface area contributed by atoms with Gasteiger partial charge < -0.3 is 4.74 Å². The maximum Gasteiger partial charge on any atom is 0.313 e. The van der Waals surface area contributed by atoms with Crippen molar-refractivity contribution in [1.82, 2.24) is 0 Å². The SMILES string of the molecule is CCCCCCC=CCCCCCCCC(=O)OC(=O)CCCCCCCCCCCCCCCCC. The van der Waals surface area contributed by atoms with Crippen LogP contribution in [0, 0.1) is 0 Å². The van der Waals surface area contributed by atoms with Crippen LogP contribution in [0.5, 0.6) is 0 Å². The maximum absolute atomic E-state index is 11.9. The van der Waals surface area contributed by atoms with Gasteiger partial charge in [-0.25, -0.2) is 0 Å². The van der Waals surface area contributed by atoms with Gasteiger partial charge in [0.1, 0.15) is 0 Å². The summed E-state index contributed by atoms with van der Waals surface area (Å²) in [4.78, 5) is 23.7. The van der Waals surface area contributed by atoms with Gasteiger partial charge in [-0.05, 0) is 38.5 Å². The van der Waals surface area contributed by atoms with Gasteiger partial charge in [-0.2, -0.15) is 0 Å². The van der Waals surface area contributed by atoms with E-state index in [1.54, 1.807) is 0 Å². The van der Waals surface area contributed by atoms with Crippen LogP contribution in [0.2, 0.25) is 0 Å². The first-order valence-electron chi connectivity index (χ1n) is 16.6. The molecule has 0 fully saturated rings. The van der Waals surface area contributed by atoms with E-state index in [1.165, 1.54) is 135 Å². The van der Waals surface area contributed by atoms with Crippen LogP contribution in [0.25, 0.3) is 0 Å². The summed E-state index contributed by atoms with van der Waals surface area (Å²) in [5, 5.41) is 0. The molecule has 0 bridgehead atoms. The van der Waals surface area contributed by atoms with E-state index in [2.05, 4.69) is 26.0 Å². The molecule has 0 aliphatic heterocycles. The van der Waals surface area contributed by atoms with E-state index >= 15 is 0 Å². The number of hydrogen-bond acceptors (Lipinski definition) is 3. The van der Waals surface area contributed by atoms with Crippen LogP contribution in [-0.2, 0) is 14.3 Å². The number of allylic oxidation sites excluding steroid dienone is 2. The number of hydrogen-bond donors (Lipinski definition) is 0. The van der Waals surface area contributed by atoms with E-state index in [9.17, 15) is 9.59 Å². The molecule has 0 aliphatic carbocycles. The largest absolute Gasteiger partial charge is 0.393 e. The molecule has 0 aliphatic rings. The first kappa shape index (κ1) is 35.9.